The molecular weight excluding hydrogens is 236 g/mol. The van der Waals surface area contributed by atoms with Crippen LogP contribution in [0.15, 0.2) is 24.3 Å². The maximum atomic E-state index is 11.9. The van der Waals surface area contributed by atoms with E-state index in [1.54, 1.807) is 45.0 Å². The molecule has 0 aromatic heterocycles. The highest BCUT2D eigenvalue weighted by atomic mass is 32.1. The average Bonchev–Trinajstić information content (AvgIpc) is 2.29. The van der Waals surface area contributed by atoms with Crippen LogP contribution in [0.5, 0.6) is 0 Å². The van der Waals surface area contributed by atoms with Crippen molar-refractivity contribution in [1.29, 1.82) is 0 Å². The number of hydrogen-bond acceptors (Lipinski definition) is 3. The summed E-state index contributed by atoms with van der Waals surface area (Å²) in [7, 11) is 0. The molecule has 0 unspecified atom stereocenters. The van der Waals surface area contributed by atoms with Crippen molar-refractivity contribution in [2.24, 2.45) is 0 Å². The topological polar surface area (TPSA) is 43.4 Å². The van der Waals surface area contributed by atoms with Gasteiger partial charge in [-0.3, -0.25) is 9.59 Å². The van der Waals surface area contributed by atoms with Crippen LogP contribution in [-0.2, 0) is 14.9 Å². The molecule has 92 valence electrons. The third-order valence-electron chi connectivity index (χ3n) is 2.62. The van der Waals surface area contributed by atoms with E-state index in [4.69, 9.17) is 4.74 Å². The van der Waals surface area contributed by atoms with Crippen LogP contribution in [0.25, 0.3) is 0 Å². The molecule has 4 heteroatoms. The van der Waals surface area contributed by atoms with Gasteiger partial charge in [0.15, 0.2) is 0 Å². The Hall–Kier alpha value is -1.29. The van der Waals surface area contributed by atoms with Gasteiger partial charge in [0.05, 0.1) is 12.0 Å². The van der Waals surface area contributed by atoms with Crippen LogP contribution in [0.3, 0.4) is 0 Å². The Morgan fingerprint density at radius 1 is 1.29 bits per heavy atom. The van der Waals surface area contributed by atoms with Gasteiger partial charge in [-0.2, -0.15) is 0 Å². The third kappa shape index (κ3) is 2.88. The van der Waals surface area contributed by atoms with Gasteiger partial charge in [-0.15, -0.1) is 12.6 Å². The van der Waals surface area contributed by atoms with Gasteiger partial charge in [-0.25, -0.2) is 0 Å². The molecule has 0 aliphatic heterocycles. The van der Waals surface area contributed by atoms with Gasteiger partial charge in [-0.05, 0) is 26.3 Å². The number of thiol groups is 1. The predicted octanol–water partition coefficient (Wildman–Crippen LogP) is 2.60. The van der Waals surface area contributed by atoms with Gasteiger partial charge in [0.25, 0.3) is 0 Å². The summed E-state index contributed by atoms with van der Waals surface area (Å²) < 4.78 is 5.02. The fourth-order valence-electron chi connectivity index (χ4n) is 1.64. The first kappa shape index (κ1) is 13.8. The molecule has 0 saturated heterocycles. The molecule has 1 aromatic carbocycles. The molecule has 3 nitrogen and oxygen atoms in total. The molecule has 1 aromatic rings. The van der Waals surface area contributed by atoms with Crippen molar-refractivity contribution in [2.45, 2.75) is 26.2 Å². The van der Waals surface area contributed by atoms with Gasteiger partial charge in [-0.1, -0.05) is 24.3 Å². The minimum Gasteiger partial charge on any atom is -0.465 e. The Morgan fingerprint density at radius 2 is 1.88 bits per heavy atom. The Morgan fingerprint density at radius 3 is 2.41 bits per heavy atom. The monoisotopic (exact) mass is 252 g/mol. The van der Waals surface area contributed by atoms with Crippen LogP contribution >= 0.6 is 12.6 Å². The van der Waals surface area contributed by atoms with Crippen molar-refractivity contribution in [3.05, 3.63) is 35.4 Å². The van der Waals surface area contributed by atoms with Gasteiger partial charge < -0.3 is 4.74 Å². The first-order chi connectivity index (χ1) is 7.91. The molecule has 17 heavy (non-hydrogen) atoms. The Kier molecular flexibility index (Phi) is 4.34. The van der Waals surface area contributed by atoms with E-state index in [0.717, 1.165) is 0 Å². The molecule has 0 bridgehead atoms. The molecular formula is C13H16O3S. The number of benzene rings is 1. The van der Waals surface area contributed by atoms with Gasteiger partial charge in [0, 0.05) is 5.56 Å². The zero-order valence-electron chi connectivity index (χ0n) is 10.2. The first-order valence-corrected chi connectivity index (χ1v) is 5.86. The van der Waals surface area contributed by atoms with E-state index >= 15 is 0 Å². The van der Waals surface area contributed by atoms with Crippen LogP contribution in [0, 0.1) is 0 Å². The molecule has 0 saturated carbocycles. The lowest BCUT2D eigenvalue weighted by Gasteiger charge is -2.24. The Bertz CT molecular complexity index is 438. The van der Waals surface area contributed by atoms with E-state index in [1.807, 2.05) is 0 Å². The van der Waals surface area contributed by atoms with Crippen molar-refractivity contribution >= 4 is 23.7 Å². The van der Waals surface area contributed by atoms with Gasteiger partial charge >= 0.3 is 5.97 Å². The second kappa shape index (κ2) is 5.36. The van der Waals surface area contributed by atoms with Crippen molar-refractivity contribution < 1.29 is 14.3 Å². The maximum absolute atomic E-state index is 11.9. The molecule has 0 radical (unpaired) electrons. The zero-order chi connectivity index (χ0) is 13.1. The van der Waals surface area contributed by atoms with E-state index in [9.17, 15) is 9.59 Å². The fraction of sp³-hybridized carbons (Fsp3) is 0.385. The highest BCUT2D eigenvalue weighted by molar-refractivity contribution is 7.97. The normalized spacial score (nSPS) is 11.1. The lowest BCUT2D eigenvalue weighted by atomic mass is 9.82. The Labute approximate surface area is 107 Å². The summed E-state index contributed by atoms with van der Waals surface area (Å²) in [5.41, 5.74) is 0.220. The van der Waals surface area contributed by atoms with E-state index in [1.165, 1.54) is 0 Å². The molecule has 0 aliphatic rings. The predicted molar refractivity (Wildman–Crippen MR) is 69.4 cm³/mol. The summed E-state index contributed by atoms with van der Waals surface area (Å²) in [6.45, 7) is 5.55. The number of hydrogen-bond donors (Lipinski definition) is 1. The summed E-state index contributed by atoms with van der Waals surface area (Å²) in [6, 6.07) is 6.94. The second-order valence-corrected chi connectivity index (χ2v) is 4.60. The maximum Gasteiger partial charge on any atom is 0.315 e. The standard InChI is InChI=1S/C13H16O3S/c1-4-16-12(15)13(2,3)10-8-6-5-7-9(10)11(14)17/h5-8H,4H2,1-3H3,(H,14,17). The lowest BCUT2D eigenvalue weighted by molar-refractivity contribution is -0.148. The average molecular weight is 252 g/mol. The van der Waals surface area contributed by atoms with Crippen LogP contribution in [0.4, 0.5) is 0 Å². The summed E-state index contributed by atoms with van der Waals surface area (Å²) in [4.78, 5) is 23.3. The highest BCUT2D eigenvalue weighted by Crippen LogP contribution is 2.28. The number of carbonyl (C=O) groups is 2. The molecule has 0 N–H and O–H groups in total. The van der Waals surface area contributed by atoms with Crippen LogP contribution in [0.1, 0.15) is 36.7 Å². The van der Waals surface area contributed by atoms with Crippen LogP contribution < -0.4 is 0 Å². The summed E-state index contributed by atoms with van der Waals surface area (Å²) in [5.74, 6) is -0.345. The molecule has 0 amide bonds. The number of carbonyl (C=O) groups excluding carboxylic acids is 2. The van der Waals surface area contributed by atoms with E-state index in [2.05, 4.69) is 12.6 Å². The van der Waals surface area contributed by atoms with Crippen molar-refractivity contribution in [2.75, 3.05) is 6.61 Å². The fourth-order valence-corrected chi connectivity index (χ4v) is 1.83. The molecule has 1 rings (SSSR count). The van der Waals surface area contributed by atoms with Crippen molar-refractivity contribution in [3.63, 3.8) is 0 Å². The minimum atomic E-state index is -0.856. The van der Waals surface area contributed by atoms with Crippen molar-refractivity contribution in [1.82, 2.24) is 0 Å². The highest BCUT2D eigenvalue weighted by Gasteiger charge is 2.34. The van der Waals surface area contributed by atoms with Crippen molar-refractivity contribution in [3.8, 4) is 0 Å². The third-order valence-corrected chi connectivity index (χ3v) is 2.86. The van der Waals surface area contributed by atoms with E-state index in [0.29, 0.717) is 17.7 Å². The zero-order valence-corrected chi connectivity index (χ0v) is 11.1. The first-order valence-electron chi connectivity index (χ1n) is 5.41. The molecule has 0 aliphatic carbocycles. The smallest absolute Gasteiger partial charge is 0.315 e. The number of esters is 1. The minimum absolute atomic E-state index is 0.319. The van der Waals surface area contributed by atoms with Gasteiger partial charge in [0.2, 0.25) is 5.12 Å². The summed E-state index contributed by atoms with van der Waals surface area (Å²) in [6.07, 6.45) is 0. The quantitative estimate of drug-likeness (QED) is 0.661. The van der Waals surface area contributed by atoms with E-state index < -0.39 is 5.41 Å². The van der Waals surface area contributed by atoms with Crippen LogP contribution in [0.2, 0.25) is 0 Å². The van der Waals surface area contributed by atoms with E-state index in [-0.39, 0.29) is 11.1 Å². The molecule has 0 atom stereocenters. The molecule has 0 heterocycles. The molecule has 0 fully saturated rings. The Balaban J connectivity index is 3.23. The number of rotatable bonds is 4. The summed E-state index contributed by atoms with van der Waals surface area (Å²) in [5, 5.41) is -0.349. The lowest BCUT2D eigenvalue weighted by Crippen LogP contribution is -2.32. The largest absolute Gasteiger partial charge is 0.465 e. The van der Waals surface area contributed by atoms with Gasteiger partial charge in [0.1, 0.15) is 0 Å². The summed E-state index contributed by atoms with van der Waals surface area (Å²) >= 11 is 3.82. The second-order valence-electron chi connectivity index (χ2n) is 4.20. The SMILES string of the molecule is CCOC(=O)C(C)(C)c1ccccc1C(=O)S. The van der Waals surface area contributed by atoms with Crippen LogP contribution in [-0.4, -0.2) is 17.7 Å². The molecule has 0 spiro atoms. The number of ether oxygens (including phenoxy) is 1.